The first-order valence-electron chi connectivity index (χ1n) is 7.39. The fraction of sp³-hybridized carbons (Fsp3) is 0.688. The molecule has 0 radical (unpaired) electrons. The molecule has 0 bridgehead atoms. The Hall–Kier alpha value is -1.29. The van der Waals surface area contributed by atoms with Crippen LogP contribution in [-0.2, 0) is 0 Å². The minimum Gasteiger partial charge on any atom is -0.489 e. The molecule has 0 spiro atoms. The summed E-state index contributed by atoms with van der Waals surface area (Å²) in [4.78, 5) is 4.29. The topological polar surface area (TPSA) is 43.4 Å². The van der Waals surface area contributed by atoms with E-state index in [1.807, 2.05) is 26.0 Å². The molecule has 1 N–H and O–H groups in total. The Labute approximate surface area is 121 Å². The average Bonchev–Trinajstić information content (AvgIpc) is 2.26. The van der Waals surface area contributed by atoms with Crippen molar-refractivity contribution in [2.24, 2.45) is 0 Å². The number of nitrogens with one attached hydrogen (secondary N) is 1. The third-order valence-corrected chi connectivity index (χ3v) is 3.10. The maximum Gasteiger partial charge on any atom is 0.213 e. The van der Waals surface area contributed by atoms with Gasteiger partial charge in [-0.05, 0) is 53.5 Å². The molecule has 20 heavy (non-hydrogen) atoms. The van der Waals surface area contributed by atoms with Crippen LogP contribution in [0.15, 0.2) is 18.3 Å². The van der Waals surface area contributed by atoms with Crippen LogP contribution in [0.25, 0.3) is 0 Å². The van der Waals surface area contributed by atoms with E-state index in [4.69, 9.17) is 9.47 Å². The second kappa shape index (κ2) is 6.00. The van der Waals surface area contributed by atoms with Crippen molar-refractivity contribution < 1.29 is 9.47 Å². The smallest absolute Gasteiger partial charge is 0.213 e. The highest BCUT2D eigenvalue weighted by Gasteiger charge is 2.33. The monoisotopic (exact) mass is 278 g/mol. The summed E-state index contributed by atoms with van der Waals surface area (Å²) in [6.45, 7) is 10.6. The van der Waals surface area contributed by atoms with E-state index in [1.165, 1.54) is 0 Å². The number of hydrogen-bond donors (Lipinski definition) is 1. The standard InChI is InChI=1S/C16H26N2O2/c1-11(2)19-13-6-7-15(17-10-13)20-14-8-12(9-14)18-16(3,4)5/h6-7,10-12,14,18H,8-9H2,1-5H3. The van der Waals surface area contributed by atoms with Crippen LogP contribution in [0.5, 0.6) is 11.6 Å². The predicted octanol–water partition coefficient (Wildman–Crippen LogP) is 3.17. The molecule has 4 nitrogen and oxygen atoms in total. The van der Waals surface area contributed by atoms with Crippen molar-refractivity contribution in [3.8, 4) is 11.6 Å². The molecular weight excluding hydrogens is 252 g/mol. The van der Waals surface area contributed by atoms with E-state index in [-0.39, 0.29) is 17.7 Å². The molecule has 112 valence electrons. The highest BCUT2D eigenvalue weighted by molar-refractivity contribution is 5.23. The Morgan fingerprint density at radius 1 is 1.25 bits per heavy atom. The van der Waals surface area contributed by atoms with E-state index in [1.54, 1.807) is 6.20 Å². The summed E-state index contributed by atoms with van der Waals surface area (Å²) in [7, 11) is 0. The summed E-state index contributed by atoms with van der Waals surface area (Å²) < 4.78 is 11.4. The average molecular weight is 278 g/mol. The van der Waals surface area contributed by atoms with E-state index < -0.39 is 0 Å². The molecule has 4 heteroatoms. The van der Waals surface area contributed by atoms with Crippen molar-refractivity contribution in [3.05, 3.63) is 18.3 Å². The molecule has 1 aliphatic carbocycles. The molecule has 1 heterocycles. The van der Waals surface area contributed by atoms with E-state index >= 15 is 0 Å². The lowest BCUT2D eigenvalue weighted by atomic mass is 9.87. The summed E-state index contributed by atoms with van der Waals surface area (Å²) in [6, 6.07) is 4.34. The summed E-state index contributed by atoms with van der Waals surface area (Å²) in [6.07, 6.45) is 4.25. The van der Waals surface area contributed by atoms with Crippen molar-refractivity contribution in [2.45, 2.75) is 71.2 Å². The summed E-state index contributed by atoms with van der Waals surface area (Å²) >= 11 is 0. The van der Waals surface area contributed by atoms with Crippen LogP contribution in [0.3, 0.4) is 0 Å². The van der Waals surface area contributed by atoms with Crippen molar-refractivity contribution in [1.82, 2.24) is 10.3 Å². The van der Waals surface area contributed by atoms with E-state index in [0.717, 1.165) is 18.6 Å². The number of ether oxygens (including phenoxy) is 2. The Morgan fingerprint density at radius 2 is 1.95 bits per heavy atom. The van der Waals surface area contributed by atoms with Crippen LogP contribution in [0.1, 0.15) is 47.5 Å². The molecule has 1 fully saturated rings. The number of aromatic nitrogens is 1. The number of hydrogen-bond acceptors (Lipinski definition) is 4. The maximum absolute atomic E-state index is 5.85. The van der Waals surface area contributed by atoms with Crippen LogP contribution < -0.4 is 14.8 Å². The molecular formula is C16H26N2O2. The largest absolute Gasteiger partial charge is 0.489 e. The fourth-order valence-corrected chi connectivity index (χ4v) is 2.34. The molecule has 1 aliphatic rings. The van der Waals surface area contributed by atoms with Gasteiger partial charge in [-0.25, -0.2) is 4.98 Å². The first-order valence-corrected chi connectivity index (χ1v) is 7.39. The zero-order valence-electron chi connectivity index (χ0n) is 13.1. The van der Waals surface area contributed by atoms with Crippen molar-refractivity contribution in [1.29, 1.82) is 0 Å². The number of pyridine rings is 1. The van der Waals surface area contributed by atoms with Crippen molar-refractivity contribution in [2.75, 3.05) is 0 Å². The lowest BCUT2D eigenvalue weighted by molar-refractivity contribution is 0.0692. The molecule has 1 aromatic rings. The van der Waals surface area contributed by atoms with Gasteiger partial charge < -0.3 is 14.8 Å². The van der Waals surface area contributed by atoms with Gasteiger partial charge in [-0.3, -0.25) is 0 Å². The van der Waals surface area contributed by atoms with Gasteiger partial charge in [-0.2, -0.15) is 0 Å². The van der Waals surface area contributed by atoms with Crippen LogP contribution in [-0.4, -0.2) is 28.8 Å². The number of rotatable bonds is 5. The Balaban J connectivity index is 1.76. The van der Waals surface area contributed by atoms with Gasteiger partial charge in [-0.15, -0.1) is 0 Å². The van der Waals surface area contributed by atoms with Crippen LogP contribution in [0.4, 0.5) is 0 Å². The SMILES string of the molecule is CC(C)Oc1ccc(OC2CC(NC(C)(C)C)C2)nc1. The third kappa shape index (κ3) is 4.67. The van der Waals surface area contributed by atoms with Crippen molar-refractivity contribution in [3.63, 3.8) is 0 Å². The highest BCUT2D eigenvalue weighted by Crippen LogP contribution is 2.27. The molecule has 0 unspecified atom stereocenters. The molecule has 0 aliphatic heterocycles. The Kier molecular flexibility index (Phi) is 4.53. The van der Waals surface area contributed by atoms with Crippen molar-refractivity contribution >= 4 is 0 Å². The van der Waals surface area contributed by atoms with Gasteiger partial charge in [0.15, 0.2) is 0 Å². The van der Waals surface area contributed by atoms with Gasteiger partial charge >= 0.3 is 0 Å². The molecule has 0 amide bonds. The quantitative estimate of drug-likeness (QED) is 0.898. The van der Waals surface area contributed by atoms with E-state index in [2.05, 4.69) is 31.1 Å². The zero-order valence-corrected chi connectivity index (χ0v) is 13.1. The summed E-state index contributed by atoms with van der Waals surface area (Å²) in [5, 5.41) is 3.58. The van der Waals surface area contributed by atoms with Crippen LogP contribution in [0, 0.1) is 0 Å². The van der Waals surface area contributed by atoms with Crippen LogP contribution in [0.2, 0.25) is 0 Å². The lowest BCUT2D eigenvalue weighted by Gasteiger charge is -2.39. The molecule has 0 aromatic carbocycles. The van der Waals surface area contributed by atoms with Crippen LogP contribution >= 0.6 is 0 Å². The predicted molar refractivity (Wildman–Crippen MR) is 80.3 cm³/mol. The normalized spacial score (nSPS) is 22.5. The lowest BCUT2D eigenvalue weighted by Crippen LogP contribution is -2.53. The molecule has 1 saturated carbocycles. The van der Waals surface area contributed by atoms with Gasteiger partial charge in [0.05, 0.1) is 12.3 Å². The third-order valence-electron chi connectivity index (χ3n) is 3.10. The highest BCUT2D eigenvalue weighted by atomic mass is 16.5. The maximum atomic E-state index is 5.85. The van der Waals surface area contributed by atoms with Gasteiger partial charge in [0, 0.05) is 17.6 Å². The van der Waals surface area contributed by atoms with Gasteiger partial charge in [0.1, 0.15) is 11.9 Å². The second-order valence-corrected chi connectivity index (χ2v) is 6.80. The zero-order chi connectivity index (χ0) is 14.8. The Bertz CT molecular complexity index is 417. The molecule has 2 rings (SSSR count). The minimum atomic E-state index is 0.166. The Morgan fingerprint density at radius 3 is 2.45 bits per heavy atom. The first kappa shape index (κ1) is 15.1. The summed E-state index contributed by atoms with van der Waals surface area (Å²) in [5.41, 5.74) is 0.170. The van der Waals surface area contributed by atoms with E-state index in [0.29, 0.717) is 11.9 Å². The van der Waals surface area contributed by atoms with E-state index in [9.17, 15) is 0 Å². The fourth-order valence-electron chi connectivity index (χ4n) is 2.34. The minimum absolute atomic E-state index is 0.166. The van der Waals surface area contributed by atoms with Gasteiger partial charge in [-0.1, -0.05) is 0 Å². The number of nitrogens with zero attached hydrogens (tertiary/aromatic N) is 1. The second-order valence-electron chi connectivity index (χ2n) is 6.80. The molecule has 0 saturated heterocycles. The van der Waals surface area contributed by atoms with Gasteiger partial charge in [0.2, 0.25) is 5.88 Å². The first-order chi connectivity index (χ1) is 9.32. The summed E-state index contributed by atoms with van der Waals surface area (Å²) in [5.74, 6) is 1.47. The molecule has 1 aromatic heterocycles. The molecule has 0 atom stereocenters. The van der Waals surface area contributed by atoms with Gasteiger partial charge in [0.25, 0.3) is 0 Å².